The fraction of sp³-hybridized carbons (Fsp3) is 0.0435. The fourth-order valence-electron chi connectivity index (χ4n) is 3.26. The van der Waals surface area contributed by atoms with Crippen LogP contribution in [0.15, 0.2) is 72.8 Å². The molecule has 5 heteroatoms. The van der Waals surface area contributed by atoms with E-state index in [9.17, 15) is 19.4 Å². The van der Waals surface area contributed by atoms with Crippen LogP contribution in [0.1, 0.15) is 21.5 Å². The van der Waals surface area contributed by atoms with Gasteiger partial charge in [0.1, 0.15) is 17.1 Å². The standard InChI is InChI=1S/C23H16FNO3/c24-17-10-11-19-18(13-17)20(23(27)28)22(26)21(25-19)16-8-6-15(7-9-16)12-14-4-2-1-3-5-14/h1-11,13,26H,12H2,(H,27,28). The normalized spacial score (nSPS) is 10.9. The molecule has 1 heterocycles. The van der Waals surface area contributed by atoms with E-state index in [4.69, 9.17) is 0 Å². The Labute approximate surface area is 160 Å². The summed E-state index contributed by atoms with van der Waals surface area (Å²) in [6.45, 7) is 0. The van der Waals surface area contributed by atoms with Gasteiger partial charge in [-0.05, 0) is 35.7 Å². The van der Waals surface area contributed by atoms with Crippen molar-refractivity contribution in [3.63, 3.8) is 0 Å². The van der Waals surface area contributed by atoms with Crippen molar-refractivity contribution in [1.29, 1.82) is 0 Å². The molecule has 3 aromatic carbocycles. The molecule has 0 saturated carbocycles. The van der Waals surface area contributed by atoms with Crippen molar-refractivity contribution in [2.24, 2.45) is 0 Å². The largest absolute Gasteiger partial charge is 0.505 e. The lowest BCUT2D eigenvalue weighted by Gasteiger charge is -2.11. The predicted octanol–water partition coefficient (Wildman–Crippen LogP) is 5.04. The first-order valence-electron chi connectivity index (χ1n) is 8.71. The van der Waals surface area contributed by atoms with Crippen molar-refractivity contribution in [2.45, 2.75) is 6.42 Å². The zero-order valence-corrected chi connectivity index (χ0v) is 14.8. The monoisotopic (exact) mass is 373 g/mol. The Balaban J connectivity index is 1.77. The Morgan fingerprint density at radius 1 is 0.929 bits per heavy atom. The molecule has 138 valence electrons. The molecular weight excluding hydrogens is 357 g/mol. The number of hydrogen-bond acceptors (Lipinski definition) is 3. The Morgan fingerprint density at radius 3 is 2.29 bits per heavy atom. The van der Waals surface area contributed by atoms with Crippen molar-refractivity contribution in [1.82, 2.24) is 4.98 Å². The van der Waals surface area contributed by atoms with E-state index < -0.39 is 17.5 Å². The second-order valence-electron chi connectivity index (χ2n) is 6.51. The summed E-state index contributed by atoms with van der Waals surface area (Å²) < 4.78 is 13.6. The van der Waals surface area contributed by atoms with Crippen LogP contribution in [-0.2, 0) is 6.42 Å². The lowest BCUT2D eigenvalue weighted by atomic mass is 9.99. The Kier molecular flexibility index (Phi) is 4.49. The molecule has 2 N–H and O–H groups in total. The second kappa shape index (κ2) is 7.12. The van der Waals surface area contributed by atoms with Crippen molar-refractivity contribution in [3.8, 4) is 17.0 Å². The molecule has 0 amide bonds. The average Bonchev–Trinajstić information content (AvgIpc) is 2.69. The second-order valence-corrected chi connectivity index (χ2v) is 6.51. The topological polar surface area (TPSA) is 70.4 Å². The van der Waals surface area contributed by atoms with Gasteiger partial charge < -0.3 is 10.2 Å². The van der Waals surface area contributed by atoms with E-state index in [-0.39, 0.29) is 16.6 Å². The molecule has 0 aliphatic carbocycles. The lowest BCUT2D eigenvalue weighted by Crippen LogP contribution is -2.02. The number of aromatic nitrogens is 1. The molecule has 28 heavy (non-hydrogen) atoms. The van der Waals surface area contributed by atoms with Gasteiger partial charge in [0, 0.05) is 10.9 Å². The number of carboxylic acid groups (broad SMARTS) is 1. The summed E-state index contributed by atoms with van der Waals surface area (Å²) in [5, 5.41) is 20.1. The van der Waals surface area contributed by atoms with Gasteiger partial charge in [0.15, 0.2) is 5.75 Å². The zero-order valence-electron chi connectivity index (χ0n) is 14.8. The molecule has 0 bridgehead atoms. The van der Waals surface area contributed by atoms with Crippen LogP contribution in [0.4, 0.5) is 4.39 Å². The molecule has 1 aromatic heterocycles. The molecule has 0 aliphatic rings. The third-order valence-corrected chi connectivity index (χ3v) is 4.61. The summed E-state index contributed by atoms with van der Waals surface area (Å²) in [6, 6.07) is 21.1. The maximum atomic E-state index is 13.6. The van der Waals surface area contributed by atoms with Gasteiger partial charge in [0.25, 0.3) is 0 Å². The number of carboxylic acids is 1. The third-order valence-electron chi connectivity index (χ3n) is 4.61. The lowest BCUT2D eigenvalue weighted by molar-refractivity contribution is 0.0696. The molecule has 0 saturated heterocycles. The van der Waals surface area contributed by atoms with Gasteiger partial charge in [-0.1, -0.05) is 54.6 Å². The summed E-state index contributed by atoms with van der Waals surface area (Å²) in [7, 11) is 0. The number of hydrogen-bond donors (Lipinski definition) is 2. The van der Waals surface area contributed by atoms with Gasteiger partial charge in [-0.25, -0.2) is 14.2 Å². The van der Waals surface area contributed by atoms with E-state index in [0.717, 1.165) is 18.1 Å². The van der Waals surface area contributed by atoms with Crippen molar-refractivity contribution in [2.75, 3.05) is 0 Å². The van der Waals surface area contributed by atoms with Gasteiger partial charge in [-0.2, -0.15) is 0 Å². The van der Waals surface area contributed by atoms with Crippen LogP contribution < -0.4 is 0 Å². The van der Waals surface area contributed by atoms with Gasteiger partial charge in [-0.3, -0.25) is 0 Å². The molecule has 4 rings (SSSR count). The van der Waals surface area contributed by atoms with Crippen LogP contribution in [0.2, 0.25) is 0 Å². The maximum Gasteiger partial charge on any atom is 0.340 e. The number of nitrogens with zero attached hydrogens (tertiary/aromatic N) is 1. The number of rotatable bonds is 4. The molecular formula is C23H16FNO3. The predicted molar refractivity (Wildman–Crippen MR) is 105 cm³/mol. The number of pyridine rings is 1. The summed E-state index contributed by atoms with van der Waals surface area (Å²) in [6.07, 6.45) is 0.762. The summed E-state index contributed by atoms with van der Waals surface area (Å²) in [5.74, 6) is -2.40. The van der Waals surface area contributed by atoms with E-state index in [0.29, 0.717) is 11.1 Å². The number of carbonyl (C=O) groups is 1. The molecule has 0 unspecified atom stereocenters. The summed E-state index contributed by atoms with van der Waals surface area (Å²) in [5.41, 5.74) is 2.95. The van der Waals surface area contributed by atoms with Crippen LogP contribution in [0.3, 0.4) is 0 Å². The third kappa shape index (κ3) is 3.30. The Morgan fingerprint density at radius 2 is 1.61 bits per heavy atom. The average molecular weight is 373 g/mol. The van der Waals surface area contributed by atoms with Gasteiger partial charge >= 0.3 is 5.97 Å². The number of benzene rings is 3. The highest BCUT2D eigenvalue weighted by Crippen LogP contribution is 2.35. The number of halogens is 1. The van der Waals surface area contributed by atoms with E-state index in [1.807, 2.05) is 42.5 Å². The van der Waals surface area contributed by atoms with Crippen LogP contribution in [0.5, 0.6) is 5.75 Å². The molecule has 0 fully saturated rings. The fourth-order valence-corrected chi connectivity index (χ4v) is 3.26. The van der Waals surface area contributed by atoms with E-state index in [1.165, 1.54) is 17.7 Å². The molecule has 0 atom stereocenters. The van der Waals surface area contributed by atoms with E-state index in [1.54, 1.807) is 12.1 Å². The number of fused-ring (bicyclic) bond motifs is 1. The maximum absolute atomic E-state index is 13.6. The first-order valence-corrected chi connectivity index (χ1v) is 8.71. The highest BCUT2D eigenvalue weighted by molar-refractivity contribution is 6.07. The zero-order chi connectivity index (χ0) is 19.7. The van der Waals surface area contributed by atoms with E-state index >= 15 is 0 Å². The van der Waals surface area contributed by atoms with Crippen LogP contribution in [-0.4, -0.2) is 21.2 Å². The smallest absolute Gasteiger partial charge is 0.340 e. The molecule has 4 aromatic rings. The Hall–Kier alpha value is -3.73. The van der Waals surface area contributed by atoms with Gasteiger partial charge in [0.2, 0.25) is 0 Å². The summed E-state index contributed by atoms with van der Waals surface area (Å²) in [4.78, 5) is 16.0. The minimum atomic E-state index is -1.34. The van der Waals surface area contributed by atoms with Crippen molar-refractivity contribution in [3.05, 3.63) is 95.3 Å². The number of aromatic carboxylic acids is 1. The van der Waals surface area contributed by atoms with Gasteiger partial charge in [-0.15, -0.1) is 0 Å². The van der Waals surface area contributed by atoms with E-state index in [2.05, 4.69) is 4.98 Å². The number of aromatic hydroxyl groups is 1. The highest BCUT2D eigenvalue weighted by Gasteiger charge is 2.21. The van der Waals surface area contributed by atoms with Gasteiger partial charge in [0.05, 0.1) is 5.52 Å². The minimum Gasteiger partial charge on any atom is -0.505 e. The molecule has 0 spiro atoms. The van der Waals surface area contributed by atoms with Crippen LogP contribution >= 0.6 is 0 Å². The van der Waals surface area contributed by atoms with Crippen LogP contribution in [0.25, 0.3) is 22.2 Å². The minimum absolute atomic E-state index is 0.0643. The quantitative estimate of drug-likeness (QED) is 0.526. The highest BCUT2D eigenvalue weighted by atomic mass is 19.1. The summed E-state index contributed by atoms with van der Waals surface area (Å²) >= 11 is 0. The Bertz CT molecular complexity index is 1170. The van der Waals surface area contributed by atoms with Crippen LogP contribution in [0, 0.1) is 5.82 Å². The first kappa shape index (κ1) is 17.7. The first-order chi connectivity index (χ1) is 13.5. The van der Waals surface area contributed by atoms with Crippen molar-refractivity contribution < 1.29 is 19.4 Å². The molecule has 0 radical (unpaired) electrons. The SMILES string of the molecule is O=C(O)c1c(O)c(-c2ccc(Cc3ccccc3)cc2)nc2ccc(F)cc12. The molecule has 0 aliphatic heterocycles. The molecule has 4 nitrogen and oxygen atoms in total. The van der Waals surface area contributed by atoms with Crippen molar-refractivity contribution >= 4 is 16.9 Å².